The lowest BCUT2D eigenvalue weighted by molar-refractivity contribution is 0.894. The Morgan fingerprint density at radius 3 is 2.83 bits per heavy atom. The molecule has 7 heteroatoms. The molecule has 18 heavy (non-hydrogen) atoms. The lowest BCUT2D eigenvalue weighted by Gasteiger charge is -2.20. The zero-order chi connectivity index (χ0) is 13.1. The first kappa shape index (κ1) is 13.1. The maximum absolute atomic E-state index is 5.92. The van der Waals surface area contributed by atoms with Crippen LogP contribution < -0.4 is 16.2 Å². The first-order valence-electron chi connectivity index (χ1n) is 5.35. The van der Waals surface area contributed by atoms with Crippen LogP contribution in [0.4, 0.5) is 11.6 Å². The van der Waals surface area contributed by atoms with E-state index in [1.165, 1.54) is 11.2 Å². The van der Waals surface area contributed by atoms with Gasteiger partial charge in [-0.25, -0.2) is 15.8 Å². The lowest BCUT2D eigenvalue weighted by atomic mass is 10.3. The van der Waals surface area contributed by atoms with E-state index in [1.54, 1.807) is 11.3 Å². The summed E-state index contributed by atoms with van der Waals surface area (Å²) in [6, 6.07) is 3.91. The van der Waals surface area contributed by atoms with Crippen molar-refractivity contribution < 1.29 is 0 Å². The SMILES string of the molecule is Cc1c(NN)ncnc1N(C)Cc1ccc(Cl)s1. The molecule has 0 aliphatic heterocycles. The van der Waals surface area contributed by atoms with Crippen LogP contribution in [-0.4, -0.2) is 17.0 Å². The topological polar surface area (TPSA) is 67.1 Å². The maximum atomic E-state index is 5.92. The monoisotopic (exact) mass is 283 g/mol. The molecule has 0 atom stereocenters. The summed E-state index contributed by atoms with van der Waals surface area (Å²) in [4.78, 5) is 11.6. The third kappa shape index (κ3) is 2.72. The van der Waals surface area contributed by atoms with Gasteiger partial charge in [0.25, 0.3) is 0 Å². The minimum Gasteiger partial charge on any atom is -0.354 e. The quantitative estimate of drug-likeness (QED) is 0.666. The van der Waals surface area contributed by atoms with Crippen LogP contribution in [0.15, 0.2) is 18.5 Å². The van der Waals surface area contributed by atoms with Crippen molar-refractivity contribution >= 4 is 34.6 Å². The highest BCUT2D eigenvalue weighted by Crippen LogP contribution is 2.26. The third-order valence-electron chi connectivity index (χ3n) is 2.58. The number of aromatic nitrogens is 2. The van der Waals surface area contributed by atoms with Gasteiger partial charge in [0.15, 0.2) is 0 Å². The van der Waals surface area contributed by atoms with E-state index in [1.807, 2.05) is 31.0 Å². The molecule has 0 unspecified atom stereocenters. The summed E-state index contributed by atoms with van der Waals surface area (Å²) in [6.07, 6.45) is 1.50. The van der Waals surface area contributed by atoms with Gasteiger partial charge in [0, 0.05) is 17.5 Å². The third-order valence-corrected chi connectivity index (χ3v) is 3.79. The summed E-state index contributed by atoms with van der Waals surface area (Å²) in [7, 11) is 1.98. The number of anilines is 2. The van der Waals surface area contributed by atoms with E-state index in [9.17, 15) is 0 Å². The van der Waals surface area contributed by atoms with Gasteiger partial charge in [-0.3, -0.25) is 0 Å². The van der Waals surface area contributed by atoms with Gasteiger partial charge < -0.3 is 10.3 Å². The smallest absolute Gasteiger partial charge is 0.148 e. The lowest BCUT2D eigenvalue weighted by Crippen LogP contribution is -2.20. The van der Waals surface area contributed by atoms with Crippen LogP contribution in [0.2, 0.25) is 4.34 Å². The molecule has 0 bridgehead atoms. The van der Waals surface area contributed by atoms with Gasteiger partial charge in [-0.1, -0.05) is 11.6 Å². The van der Waals surface area contributed by atoms with Gasteiger partial charge in [-0.2, -0.15) is 0 Å². The van der Waals surface area contributed by atoms with Gasteiger partial charge in [0.05, 0.1) is 10.9 Å². The number of halogens is 1. The molecule has 0 amide bonds. The van der Waals surface area contributed by atoms with Crippen LogP contribution in [0.1, 0.15) is 10.4 Å². The number of nitrogens with two attached hydrogens (primary N) is 1. The van der Waals surface area contributed by atoms with Gasteiger partial charge in [-0.15, -0.1) is 11.3 Å². The Morgan fingerprint density at radius 2 is 2.22 bits per heavy atom. The predicted molar refractivity (Wildman–Crippen MR) is 76.0 cm³/mol. The molecular formula is C11H14ClN5S. The summed E-state index contributed by atoms with van der Waals surface area (Å²) in [5.74, 6) is 6.89. The zero-order valence-electron chi connectivity index (χ0n) is 10.1. The fraction of sp³-hybridized carbons (Fsp3) is 0.273. The summed E-state index contributed by atoms with van der Waals surface area (Å²) in [6.45, 7) is 2.68. The minimum absolute atomic E-state index is 0.635. The highest BCUT2D eigenvalue weighted by atomic mass is 35.5. The van der Waals surface area contributed by atoms with E-state index < -0.39 is 0 Å². The molecule has 0 aromatic carbocycles. The highest BCUT2D eigenvalue weighted by molar-refractivity contribution is 7.16. The van der Waals surface area contributed by atoms with E-state index >= 15 is 0 Å². The minimum atomic E-state index is 0.635. The molecule has 2 aromatic rings. The maximum Gasteiger partial charge on any atom is 0.148 e. The Bertz CT molecular complexity index is 542. The van der Waals surface area contributed by atoms with Crippen molar-refractivity contribution in [1.29, 1.82) is 0 Å². The molecule has 3 N–H and O–H groups in total. The van der Waals surface area contributed by atoms with E-state index in [-0.39, 0.29) is 0 Å². The number of hydrazine groups is 1. The van der Waals surface area contributed by atoms with Crippen LogP contribution in [0.5, 0.6) is 0 Å². The van der Waals surface area contributed by atoms with Gasteiger partial charge in [-0.05, 0) is 19.1 Å². The van der Waals surface area contributed by atoms with E-state index in [4.69, 9.17) is 17.4 Å². The van der Waals surface area contributed by atoms with Crippen molar-refractivity contribution in [1.82, 2.24) is 9.97 Å². The van der Waals surface area contributed by atoms with Crippen molar-refractivity contribution in [2.45, 2.75) is 13.5 Å². The standard InChI is InChI=1S/C11H14ClN5S/c1-7-10(16-13)14-6-15-11(7)17(2)5-8-3-4-9(12)18-8/h3-4,6H,5,13H2,1-2H3,(H,14,15,16). The molecule has 0 aliphatic rings. The van der Waals surface area contributed by atoms with E-state index in [2.05, 4.69) is 15.4 Å². The number of nitrogens with one attached hydrogen (secondary N) is 1. The van der Waals surface area contributed by atoms with E-state index in [0.717, 1.165) is 22.3 Å². The number of hydrogen-bond acceptors (Lipinski definition) is 6. The van der Waals surface area contributed by atoms with Crippen LogP contribution >= 0.6 is 22.9 Å². The molecular weight excluding hydrogens is 270 g/mol. The molecule has 0 saturated heterocycles. The second kappa shape index (κ2) is 5.51. The Kier molecular flexibility index (Phi) is 4.00. The second-order valence-corrected chi connectivity index (χ2v) is 5.68. The highest BCUT2D eigenvalue weighted by Gasteiger charge is 2.11. The molecule has 0 spiro atoms. The predicted octanol–water partition coefficient (Wildman–Crippen LogP) is 2.42. The van der Waals surface area contributed by atoms with Crippen LogP contribution in [-0.2, 0) is 6.54 Å². The summed E-state index contributed by atoms with van der Waals surface area (Å²) in [5, 5.41) is 0. The average molecular weight is 284 g/mol. The number of nitrogen functional groups attached to an aromatic ring is 1. The fourth-order valence-corrected chi connectivity index (χ4v) is 2.86. The van der Waals surface area contributed by atoms with Crippen molar-refractivity contribution in [2.24, 2.45) is 5.84 Å². The van der Waals surface area contributed by atoms with Crippen molar-refractivity contribution in [3.05, 3.63) is 33.2 Å². The van der Waals surface area contributed by atoms with Gasteiger partial charge >= 0.3 is 0 Å². The van der Waals surface area contributed by atoms with E-state index in [0.29, 0.717) is 5.82 Å². The average Bonchev–Trinajstić information content (AvgIpc) is 2.75. The Morgan fingerprint density at radius 1 is 1.44 bits per heavy atom. The number of thiophene rings is 1. The van der Waals surface area contributed by atoms with Crippen molar-refractivity contribution in [2.75, 3.05) is 17.4 Å². The van der Waals surface area contributed by atoms with Crippen molar-refractivity contribution in [3.63, 3.8) is 0 Å². The molecule has 96 valence electrons. The molecule has 0 saturated carbocycles. The molecule has 2 aromatic heterocycles. The zero-order valence-corrected chi connectivity index (χ0v) is 11.7. The van der Waals surface area contributed by atoms with Gasteiger partial charge in [0.2, 0.25) is 0 Å². The molecule has 2 heterocycles. The Hall–Kier alpha value is -1.37. The van der Waals surface area contributed by atoms with Crippen LogP contribution in [0.25, 0.3) is 0 Å². The van der Waals surface area contributed by atoms with Crippen LogP contribution in [0.3, 0.4) is 0 Å². The summed E-state index contributed by atoms with van der Waals surface area (Å²) < 4.78 is 0.794. The molecule has 2 rings (SSSR count). The molecule has 0 radical (unpaired) electrons. The number of hydrogen-bond donors (Lipinski definition) is 2. The molecule has 0 aliphatic carbocycles. The first-order chi connectivity index (χ1) is 8.61. The molecule has 0 fully saturated rings. The summed E-state index contributed by atoms with van der Waals surface area (Å²) in [5.41, 5.74) is 3.48. The van der Waals surface area contributed by atoms with Gasteiger partial charge in [0.1, 0.15) is 18.0 Å². The number of nitrogens with zero attached hydrogens (tertiary/aromatic N) is 3. The Balaban J connectivity index is 2.21. The molecule has 5 nitrogen and oxygen atoms in total. The second-order valence-electron chi connectivity index (χ2n) is 3.88. The first-order valence-corrected chi connectivity index (χ1v) is 6.55. The fourth-order valence-electron chi connectivity index (χ4n) is 1.72. The normalized spacial score (nSPS) is 10.4. The van der Waals surface area contributed by atoms with Crippen LogP contribution in [0, 0.1) is 6.92 Å². The summed E-state index contributed by atoms with van der Waals surface area (Å²) >= 11 is 7.48. The largest absolute Gasteiger partial charge is 0.354 e. The number of rotatable bonds is 4. The van der Waals surface area contributed by atoms with Crippen molar-refractivity contribution in [3.8, 4) is 0 Å². The Labute approximate surface area is 115 Å².